The number of barbiturate groups is 1. The second kappa shape index (κ2) is 4.59. The Labute approximate surface area is 126 Å². The molecule has 2 fully saturated rings. The lowest BCUT2D eigenvalue weighted by atomic mass is 9.66. The van der Waals surface area contributed by atoms with Crippen molar-refractivity contribution in [2.45, 2.75) is 19.3 Å². The molecular formula is C13H9BrF2N2O3. The highest BCUT2D eigenvalue weighted by molar-refractivity contribution is 9.10. The number of carbonyl (C=O) groups excluding carboxylic acids is 3. The number of benzene rings is 1. The molecule has 1 spiro atoms. The zero-order chi connectivity index (χ0) is 15.4. The summed E-state index contributed by atoms with van der Waals surface area (Å²) < 4.78 is 28.1. The molecular weight excluding hydrogens is 350 g/mol. The summed E-state index contributed by atoms with van der Waals surface area (Å²) in [5, 5.41) is 2.00. The highest BCUT2D eigenvalue weighted by atomic mass is 79.9. The second-order valence-electron chi connectivity index (χ2n) is 5.05. The summed E-state index contributed by atoms with van der Waals surface area (Å²) in [6.07, 6.45) is 1.18. The Morgan fingerprint density at radius 3 is 2.19 bits per heavy atom. The quantitative estimate of drug-likeness (QED) is 0.784. The van der Waals surface area contributed by atoms with Crippen LogP contribution >= 0.6 is 15.9 Å². The molecule has 4 amide bonds. The first-order chi connectivity index (χ1) is 9.86. The van der Waals surface area contributed by atoms with Gasteiger partial charge in [-0.1, -0.05) is 22.4 Å². The van der Waals surface area contributed by atoms with E-state index >= 15 is 0 Å². The number of imide groups is 2. The maximum absolute atomic E-state index is 14.0. The number of carbonyl (C=O) groups is 3. The lowest BCUT2D eigenvalue weighted by Crippen LogP contribution is -2.66. The number of nitrogens with one attached hydrogen (secondary N) is 1. The minimum Gasteiger partial charge on any atom is -0.276 e. The lowest BCUT2D eigenvalue weighted by molar-refractivity contribution is -0.148. The molecule has 8 heteroatoms. The normalized spacial score (nSPS) is 20.5. The number of rotatable bonds is 1. The smallest absolute Gasteiger partial charge is 0.276 e. The Balaban J connectivity index is 2.11. The first-order valence-corrected chi connectivity index (χ1v) is 7.00. The fraction of sp³-hybridized carbons (Fsp3) is 0.308. The van der Waals surface area contributed by atoms with E-state index in [9.17, 15) is 23.2 Å². The van der Waals surface area contributed by atoms with Crippen molar-refractivity contribution in [3.05, 3.63) is 28.2 Å². The molecule has 2 aliphatic rings. The van der Waals surface area contributed by atoms with Crippen molar-refractivity contribution in [3.63, 3.8) is 0 Å². The maximum Gasteiger partial charge on any atom is 0.335 e. The summed E-state index contributed by atoms with van der Waals surface area (Å²) in [5.74, 6) is -3.69. The summed E-state index contributed by atoms with van der Waals surface area (Å²) in [5.41, 5.74) is -2.14. The molecule has 0 aromatic heterocycles. The van der Waals surface area contributed by atoms with Gasteiger partial charge in [0.2, 0.25) is 5.91 Å². The van der Waals surface area contributed by atoms with Crippen molar-refractivity contribution in [1.82, 2.24) is 5.32 Å². The zero-order valence-corrected chi connectivity index (χ0v) is 12.2. The van der Waals surface area contributed by atoms with Gasteiger partial charge in [-0.3, -0.25) is 14.9 Å². The Morgan fingerprint density at radius 2 is 1.71 bits per heavy atom. The van der Waals surface area contributed by atoms with Crippen LogP contribution in [-0.4, -0.2) is 17.8 Å². The number of hydrogen-bond donors (Lipinski definition) is 1. The minimum absolute atomic E-state index is 0.139. The summed E-state index contributed by atoms with van der Waals surface area (Å²) in [6, 6.07) is 0.758. The first kappa shape index (κ1) is 14.1. The molecule has 1 heterocycles. The van der Waals surface area contributed by atoms with Gasteiger partial charge in [0, 0.05) is 4.47 Å². The Kier molecular flexibility index (Phi) is 3.09. The van der Waals surface area contributed by atoms with Gasteiger partial charge in [-0.05, 0) is 25.0 Å². The van der Waals surface area contributed by atoms with E-state index in [1.54, 1.807) is 0 Å². The van der Waals surface area contributed by atoms with Gasteiger partial charge in [0.05, 0.1) is 0 Å². The molecule has 1 aliphatic carbocycles. The van der Waals surface area contributed by atoms with E-state index in [-0.39, 0.29) is 17.3 Å². The molecule has 1 saturated heterocycles. The van der Waals surface area contributed by atoms with Gasteiger partial charge in [-0.15, -0.1) is 0 Å². The molecule has 0 atom stereocenters. The highest BCUT2D eigenvalue weighted by Crippen LogP contribution is 2.46. The van der Waals surface area contributed by atoms with Crippen molar-refractivity contribution in [3.8, 4) is 0 Å². The van der Waals surface area contributed by atoms with Crippen molar-refractivity contribution < 1.29 is 23.2 Å². The van der Waals surface area contributed by atoms with Gasteiger partial charge in [0.1, 0.15) is 11.1 Å². The second-order valence-corrected chi connectivity index (χ2v) is 5.97. The Morgan fingerprint density at radius 1 is 1.14 bits per heavy atom. The van der Waals surface area contributed by atoms with Crippen molar-refractivity contribution in [2.75, 3.05) is 4.90 Å². The molecule has 0 bridgehead atoms. The molecule has 1 aromatic rings. The van der Waals surface area contributed by atoms with Crippen LogP contribution in [0.2, 0.25) is 0 Å². The summed E-state index contributed by atoms with van der Waals surface area (Å²) in [6.45, 7) is 0. The number of halogens is 3. The number of urea groups is 1. The zero-order valence-electron chi connectivity index (χ0n) is 10.6. The topological polar surface area (TPSA) is 66.5 Å². The first-order valence-electron chi connectivity index (χ1n) is 6.21. The molecule has 3 rings (SSSR count). The van der Waals surface area contributed by atoms with Crippen molar-refractivity contribution in [1.29, 1.82) is 0 Å². The lowest BCUT2D eigenvalue weighted by Gasteiger charge is -2.44. The Bertz CT molecular complexity index is 665. The predicted octanol–water partition coefficient (Wildman–Crippen LogP) is 2.48. The van der Waals surface area contributed by atoms with E-state index in [0.29, 0.717) is 11.3 Å². The number of nitrogens with zero attached hydrogens (tertiary/aromatic N) is 1. The summed E-state index contributed by atoms with van der Waals surface area (Å²) in [7, 11) is 0. The van der Waals surface area contributed by atoms with E-state index < -0.39 is 40.6 Å². The molecule has 21 heavy (non-hydrogen) atoms. The standard InChI is InChI=1S/C13H9BrF2N2O3/c14-6-4-7(15)9(8(16)5-6)18-11(20)13(2-1-3-13)10(19)17-12(18)21/h4-5H,1-3H2,(H,17,19,21). The summed E-state index contributed by atoms with van der Waals surface area (Å²) >= 11 is 2.92. The van der Waals surface area contributed by atoms with Crippen LogP contribution in [0.25, 0.3) is 0 Å². The van der Waals surface area contributed by atoms with Crippen molar-refractivity contribution >= 4 is 39.5 Å². The van der Waals surface area contributed by atoms with E-state index in [1.165, 1.54) is 0 Å². The molecule has 1 saturated carbocycles. The fourth-order valence-corrected chi connectivity index (χ4v) is 3.00. The van der Waals surface area contributed by atoms with Gasteiger partial charge in [0.15, 0.2) is 11.6 Å². The average Bonchev–Trinajstić information content (AvgIpc) is 2.29. The highest BCUT2D eigenvalue weighted by Gasteiger charge is 2.58. The van der Waals surface area contributed by atoms with Crippen molar-refractivity contribution in [2.24, 2.45) is 5.41 Å². The third kappa shape index (κ3) is 1.89. The third-order valence-corrected chi connectivity index (χ3v) is 4.34. The van der Waals surface area contributed by atoms with Gasteiger partial charge >= 0.3 is 6.03 Å². The van der Waals surface area contributed by atoms with Crippen LogP contribution < -0.4 is 10.2 Å². The van der Waals surface area contributed by atoms with E-state index in [2.05, 4.69) is 15.9 Å². The number of hydrogen-bond acceptors (Lipinski definition) is 3. The monoisotopic (exact) mass is 358 g/mol. The van der Waals surface area contributed by atoms with Crippen LogP contribution in [0.5, 0.6) is 0 Å². The number of amides is 4. The summed E-state index contributed by atoms with van der Waals surface area (Å²) in [4.78, 5) is 36.5. The van der Waals surface area contributed by atoms with Crippen LogP contribution in [0, 0.1) is 17.0 Å². The van der Waals surface area contributed by atoms with Gasteiger partial charge < -0.3 is 0 Å². The largest absolute Gasteiger partial charge is 0.335 e. The Hall–Kier alpha value is -1.83. The molecule has 0 radical (unpaired) electrons. The molecule has 5 nitrogen and oxygen atoms in total. The van der Waals surface area contributed by atoms with Gasteiger partial charge in [-0.25, -0.2) is 18.5 Å². The van der Waals surface area contributed by atoms with E-state index in [1.807, 2.05) is 5.32 Å². The predicted molar refractivity (Wildman–Crippen MR) is 71.4 cm³/mol. The SMILES string of the molecule is O=C1NC(=O)C2(CCC2)C(=O)N1c1c(F)cc(Br)cc1F. The molecule has 0 unspecified atom stereocenters. The average molecular weight is 359 g/mol. The molecule has 1 aliphatic heterocycles. The molecule has 110 valence electrons. The van der Waals surface area contributed by atoms with Gasteiger partial charge in [-0.2, -0.15) is 0 Å². The molecule has 1 aromatic carbocycles. The van der Waals surface area contributed by atoms with Crippen LogP contribution in [0.1, 0.15) is 19.3 Å². The third-order valence-electron chi connectivity index (χ3n) is 3.88. The maximum atomic E-state index is 14.0. The van der Waals surface area contributed by atoms with E-state index in [4.69, 9.17) is 0 Å². The van der Waals surface area contributed by atoms with Crippen LogP contribution in [0.3, 0.4) is 0 Å². The van der Waals surface area contributed by atoms with Gasteiger partial charge in [0.25, 0.3) is 5.91 Å². The van der Waals surface area contributed by atoms with Crippen LogP contribution in [0.4, 0.5) is 19.3 Å². The molecule has 1 N–H and O–H groups in total. The number of anilines is 1. The van der Waals surface area contributed by atoms with E-state index in [0.717, 1.165) is 12.1 Å². The van der Waals surface area contributed by atoms with Crippen LogP contribution in [0.15, 0.2) is 16.6 Å². The van der Waals surface area contributed by atoms with Crippen LogP contribution in [-0.2, 0) is 9.59 Å². The minimum atomic E-state index is -1.38. The fourth-order valence-electron chi connectivity index (χ4n) is 2.60.